The van der Waals surface area contributed by atoms with Crippen LogP contribution in [0.3, 0.4) is 0 Å². The van der Waals surface area contributed by atoms with Crippen molar-refractivity contribution in [2.24, 2.45) is 5.18 Å². The monoisotopic (exact) mass is 189 g/mol. The Labute approximate surface area is 60.2 Å². The van der Waals surface area contributed by atoms with Crippen LogP contribution in [0.5, 0.6) is 0 Å². The second kappa shape index (κ2) is 2.77. The van der Waals surface area contributed by atoms with Gasteiger partial charge in [0.1, 0.15) is 5.76 Å². The number of nitrogens with zero attached hydrogens (tertiary/aromatic N) is 1. The molecule has 0 aliphatic heterocycles. The van der Waals surface area contributed by atoms with Crippen molar-refractivity contribution in [3.63, 3.8) is 0 Å². The number of alkyl halides is 1. The molecule has 0 atom stereocenters. The molecular weight excluding hydrogens is 186 g/mol. The molecule has 0 unspecified atom stereocenters. The van der Waals surface area contributed by atoms with Gasteiger partial charge in [0, 0.05) is 11.2 Å². The first kappa shape index (κ1) is 6.48. The highest BCUT2D eigenvalue weighted by Gasteiger charge is 1.97. The number of rotatable bonds is 2. The molecular formula is C5H4BrNO2. The Morgan fingerprint density at radius 2 is 2.44 bits per heavy atom. The molecule has 1 aromatic rings. The van der Waals surface area contributed by atoms with Gasteiger partial charge in [-0.3, -0.25) is 0 Å². The van der Waals surface area contributed by atoms with Crippen molar-refractivity contribution in [3.05, 3.63) is 22.8 Å². The molecule has 0 radical (unpaired) electrons. The lowest BCUT2D eigenvalue weighted by atomic mass is 10.5. The highest BCUT2D eigenvalue weighted by Crippen LogP contribution is 2.17. The highest BCUT2D eigenvalue weighted by molar-refractivity contribution is 9.08. The molecule has 0 aliphatic carbocycles. The molecule has 0 N–H and O–H groups in total. The predicted molar refractivity (Wildman–Crippen MR) is 36.8 cm³/mol. The fraction of sp³-hybridized carbons (Fsp3) is 0.200. The molecule has 0 fully saturated rings. The SMILES string of the molecule is O=Nc1ccc(CBr)o1. The Kier molecular flexibility index (Phi) is 2.00. The molecule has 1 heterocycles. The summed E-state index contributed by atoms with van der Waals surface area (Å²) in [5.74, 6) is 0.842. The lowest BCUT2D eigenvalue weighted by Gasteiger charge is -1.80. The summed E-state index contributed by atoms with van der Waals surface area (Å²) in [5, 5.41) is 3.22. The summed E-state index contributed by atoms with van der Waals surface area (Å²) >= 11 is 3.16. The zero-order chi connectivity index (χ0) is 6.69. The molecule has 0 spiro atoms. The molecule has 48 valence electrons. The smallest absolute Gasteiger partial charge is 0.260 e. The molecule has 0 aromatic carbocycles. The number of nitroso groups, excluding NO2 is 1. The van der Waals surface area contributed by atoms with Gasteiger partial charge in [0.05, 0.1) is 5.33 Å². The van der Waals surface area contributed by atoms with Gasteiger partial charge in [0.25, 0.3) is 5.88 Å². The molecule has 0 aliphatic rings. The molecule has 9 heavy (non-hydrogen) atoms. The van der Waals surface area contributed by atoms with Crippen LogP contribution >= 0.6 is 15.9 Å². The van der Waals surface area contributed by atoms with E-state index in [1.54, 1.807) is 6.07 Å². The molecule has 0 saturated heterocycles. The maximum absolute atomic E-state index is 9.78. The van der Waals surface area contributed by atoms with Crippen LogP contribution in [0.15, 0.2) is 21.7 Å². The number of hydrogen-bond donors (Lipinski definition) is 0. The van der Waals surface area contributed by atoms with E-state index < -0.39 is 0 Å². The summed E-state index contributed by atoms with van der Waals surface area (Å²) in [6, 6.07) is 3.23. The summed E-state index contributed by atoms with van der Waals surface area (Å²) in [4.78, 5) is 9.78. The largest absolute Gasteiger partial charge is 0.440 e. The zero-order valence-corrected chi connectivity index (χ0v) is 6.09. The third-order valence-electron chi connectivity index (χ3n) is 0.869. The molecule has 3 nitrogen and oxygen atoms in total. The van der Waals surface area contributed by atoms with Crippen molar-refractivity contribution < 1.29 is 4.42 Å². The van der Waals surface area contributed by atoms with E-state index in [4.69, 9.17) is 4.42 Å². The average molecular weight is 190 g/mol. The van der Waals surface area contributed by atoms with Crippen LogP contribution in [0.1, 0.15) is 5.76 Å². The van der Waals surface area contributed by atoms with Crippen molar-refractivity contribution in [3.8, 4) is 0 Å². The Bertz CT molecular complexity index is 208. The van der Waals surface area contributed by atoms with Gasteiger partial charge in [-0.1, -0.05) is 15.9 Å². The highest BCUT2D eigenvalue weighted by atomic mass is 79.9. The summed E-state index contributed by atoms with van der Waals surface area (Å²) in [6.07, 6.45) is 0. The molecule has 0 amide bonds. The minimum atomic E-state index is 0.129. The van der Waals surface area contributed by atoms with Gasteiger partial charge in [-0.15, -0.1) is 4.91 Å². The maximum atomic E-state index is 9.78. The van der Waals surface area contributed by atoms with Gasteiger partial charge >= 0.3 is 0 Å². The predicted octanol–water partition coefficient (Wildman–Crippen LogP) is 2.57. The van der Waals surface area contributed by atoms with E-state index in [9.17, 15) is 4.91 Å². The van der Waals surface area contributed by atoms with Crippen molar-refractivity contribution in [2.45, 2.75) is 5.33 Å². The van der Waals surface area contributed by atoms with Crippen LogP contribution < -0.4 is 0 Å². The van der Waals surface area contributed by atoms with Crippen LogP contribution in [-0.2, 0) is 5.33 Å². The van der Waals surface area contributed by atoms with Crippen molar-refractivity contribution in [1.82, 2.24) is 0 Å². The molecule has 1 aromatic heterocycles. The fourth-order valence-corrected chi connectivity index (χ4v) is 0.789. The van der Waals surface area contributed by atoms with Gasteiger partial charge in [0.15, 0.2) is 0 Å². The van der Waals surface area contributed by atoms with Crippen molar-refractivity contribution >= 4 is 21.8 Å². The van der Waals surface area contributed by atoms with E-state index >= 15 is 0 Å². The molecule has 1 rings (SSSR count). The summed E-state index contributed by atoms with van der Waals surface area (Å²) in [7, 11) is 0. The topological polar surface area (TPSA) is 42.6 Å². The third-order valence-corrected chi connectivity index (χ3v) is 1.42. The summed E-state index contributed by atoms with van der Waals surface area (Å²) in [6.45, 7) is 0. The van der Waals surface area contributed by atoms with Crippen molar-refractivity contribution in [1.29, 1.82) is 0 Å². The Hall–Kier alpha value is -0.640. The molecule has 4 heteroatoms. The fourth-order valence-electron chi connectivity index (χ4n) is 0.487. The van der Waals surface area contributed by atoms with E-state index in [1.165, 1.54) is 6.07 Å². The van der Waals surface area contributed by atoms with Gasteiger partial charge in [-0.05, 0) is 6.07 Å². The third kappa shape index (κ3) is 1.38. The van der Waals surface area contributed by atoms with Crippen LogP contribution in [0.2, 0.25) is 0 Å². The standard InChI is InChI=1S/C5H4BrNO2/c6-3-4-1-2-5(7-8)9-4/h1-2H,3H2. The average Bonchev–Trinajstić information content (AvgIpc) is 2.34. The second-order valence-corrected chi connectivity index (χ2v) is 2.03. The van der Waals surface area contributed by atoms with Gasteiger partial charge in [-0.2, -0.15) is 0 Å². The van der Waals surface area contributed by atoms with Crippen LogP contribution in [0.25, 0.3) is 0 Å². The maximum Gasteiger partial charge on any atom is 0.260 e. The molecule has 0 saturated carbocycles. The first-order valence-electron chi connectivity index (χ1n) is 2.35. The van der Waals surface area contributed by atoms with E-state index in [1.807, 2.05) is 0 Å². The van der Waals surface area contributed by atoms with Gasteiger partial charge in [0.2, 0.25) is 0 Å². The minimum absolute atomic E-state index is 0.129. The van der Waals surface area contributed by atoms with E-state index in [0.717, 1.165) is 0 Å². The van der Waals surface area contributed by atoms with Gasteiger partial charge in [-0.25, -0.2) is 0 Å². The first-order chi connectivity index (χ1) is 4.36. The quantitative estimate of drug-likeness (QED) is 0.531. The first-order valence-corrected chi connectivity index (χ1v) is 3.47. The number of hydrogen-bond acceptors (Lipinski definition) is 3. The Morgan fingerprint density at radius 3 is 2.78 bits per heavy atom. The molecule has 0 bridgehead atoms. The number of furan rings is 1. The summed E-state index contributed by atoms with van der Waals surface area (Å²) in [5.41, 5.74) is 0. The second-order valence-electron chi connectivity index (χ2n) is 1.46. The lowest BCUT2D eigenvalue weighted by Crippen LogP contribution is -1.62. The Morgan fingerprint density at radius 1 is 1.67 bits per heavy atom. The van der Waals surface area contributed by atoms with Crippen LogP contribution in [0, 0.1) is 4.91 Å². The zero-order valence-electron chi connectivity index (χ0n) is 4.50. The van der Waals surface area contributed by atoms with E-state index in [-0.39, 0.29) is 5.88 Å². The van der Waals surface area contributed by atoms with Crippen LogP contribution in [-0.4, -0.2) is 0 Å². The van der Waals surface area contributed by atoms with E-state index in [2.05, 4.69) is 21.1 Å². The Balaban J connectivity index is 2.86. The summed E-state index contributed by atoms with van der Waals surface area (Å²) < 4.78 is 4.86. The minimum Gasteiger partial charge on any atom is -0.440 e. The van der Waals surface area contributed by atoms with E-state index in [0.29, 0.717) is 11.1 Å². The van der Waals surface area contributed by atoms with Crippen molar-refractivity contribution in [2.75, 3.05) is 0 Å². The van der Waals surface area contributed by atoms with Crippen LogP contribution in [0.4, 0.5) is 5.88 Å². The van der Waals surface area contributed by atoms with Gasteiger partial charge < -0.3 is 4.42 Å². The lowest BCUT2D eigenvalue weighted by molar-refractivity contribution is 0.541. The normalized spacial score (nSPS) is 9.44. The number of halogens is 1.